The summed E-state index contributed by atoms with van der Waals surface area (Å²) < 4.78 is 0. The second-order valence-electron chi connectivity index (χ2n) is 2.60. The Bertz CT molecular complexity index is 156. The van der Waals surface area contributed by atoms with Gasteiger partial charge in [0.2, 0.25) is 0 Å². The highest BCUT2D eigenvalue weighted by atomic mass is 16.3. The Balaban J connectivity index is 2.73. The fourth-order valence-corrected chi connectivity index (χ4v) is 1.00. The van der Waals surface area contributed by atoms with Gasteiger partial charge >= 0.3 is 0 Å². The fraction of sp³-hybridized carbons (Fsp3) is 0.500. The first-order valence-electron chi connectivity index (χ1n) is 3.25. The summed E-state index contributed by atoms with van der Waals surface area (Å²) >= 11 is 0. The fourth-order valence-electron chi connectivity index (χ4n) is 1.00. The van der Waals surface area contributed by atoms with Gasteiger partial charge in [0, 0.05) is 5.92 Å². The van der Waals surface area contributed by atoms with Gasteiger partial charge in [0.05, 0.1) is 6.10 Å². The van der Waals surface area contributed by atoms with E-state index in [0.717, 1.165) is 5.57 Å². The predicted molar refractivity (Wildman–Crippen MR) is 38.1 cm³/mol. The number of aliphatic hydroxyl groups is 1. The van der Waals surface area contributed by atoms with Gasteiger partial charge in [0.25, 0.3) is 0 Å². The molecule has 1 aliphatic carbocycles. The van der Waals surface area contributed by atoms with Crippen molar-refractivity contribution in [2.24, 2.45) is 5.92 Å². The largest absolute Gasteiger partial charge is 0.388 e. The van der Waals surface area contributed by atoms with E-state index in [2.05, 4.69) is 0 Å². The third-order valence-electron chi connectivity index (χ3n) is 1.74. The van der Waals surface area contributed by atoms with E-state index in [0.29, 0.717) is 0 Å². The lowest BCUT2D eigenvalue weighted by Crippen LogP contribution is -2.18. The molecule has 0 radical (unpaired) electrons. The van der Waals surface area contributed by atoms with Gasteiger partial charge in [0.15, 0.2) is 0 Å². The smallest absolute Gasteiger partial charge is 0.0810 e. The molecule has 0 bridgehead atoms. The van der Waals surface area contributed by atoms with Gasteiger partial charge in [-0.25, -0.2) is 0 Å². The highest BCUT2D eigenvalue weighted by molar-refractivity contribution is 5.21. The summed E-state index contributed by atoms with van der Waals surface area (Å²) in [7, 11) is 0. The van der Waals surface area contributed by atoms with E-state index >= 15 is 0 Å². The monoisotopic (exact) mass is 124 g/mol. The van der Waals surface area contributed by atoms with Crippen LogP contribution < -0.4 is 0 Å². The zero-order valence-corrected chi connectivity index (χ0v) is 5.83. The molecule has 0 heterocycles. The number of rotatable bonds is 0. The van der Waals surface area contributed by atoms with E-state index in [4.69, 9.17) is 0 Å². The van der Waals surface area contributed by atoms with Crippen molar-refractivity contribution in [1.82, 2.24) is 0 Å². The molecule has 0 unspecified atom stereocenters. The van der Waals surface area contributed by atoms with E-state index < -0.39 is 0 Å². The SMILES string of the molecule is CC1=CC=C[C@H](C)[C@@H]1O. The molecule has 0 aromatic rings. The van der Waals surface area contributed by atoms with Crippen molar-refractivity contribution in [3.05, 3.63) is 23.8 Å². The van der Waals surface area contributed by atoms with Crippen molar-refractivity contribution in [3.8, 4) is 0 Å². The lowest BCUT2D eigenvalue weighted by molar-refractivity contribution is 0.171. The molecule has 2 atom stereocenters. The average molecular weight is 124 g/mol. The number of hydrogen-bond donors (Lipinski definition) is 1. The van der Waals surface area contributed by atoms with E-state index in [-0.39, 0.29) is 12.0 Å². The Hall–Kier alpha value is -0.560. The van der Waals surface area contributed by atoms with Crippen LogP contribution in [0.1, 0.15) is 13.8 Å². The number of allylic oxidation sites excluding steroid dienone is 2. The van der Waals surface area contributed by atoms with Crippen molar-refractivity contribution in [3.63, 3.8) is 0 Å². The molecule has 0 aromatic carbocycles. The molecule has 50 valence electrons. The van der Waals surface area contributed by atoms with Crippen molar-refractivity contribution in [2.45, 2.75) is 20.0 Å². The van der Waals surface area contributed by atoms with Crippen LogP contribution >= 0.6 is 0 Å². The predicted octanol–water partition coefficient (Wildman–Crippen LogP) is 1.50. The zero-order chi connectivity index (χ0) is 6.85. The second-order valence-corrected chi connectivity index (χ2v) is 2.60. The summed E-state index contributed by atoms with van der Waals surface area (Å²) in [6, 6.07) is 0. The van der Waals surface area contributed by atoms with Crippen LogP contribution in [0.15, 0.2) is 23.8 Å². The van der Waals surface area contributed by atoms with Gasteiger partial charge in [-0.1, -0.05) is 25.2 Å². The molecular weight excluding hydrogens is 112 g/mol. The third kappa shape index (κ3) is 1.22. The van der Waals surface area contributed by atoms with E-state index in [9.17, 15) is 5.11 Å². The quantitative estimate of drug-likeness (QED) is 0.519. The van der Waals surface area contributed by atoms with Gasteiger partial charge in [0.1, 0.15) is 0 Å². The summed E-state index contributed by atoms with van der Waals surface area (Å²) in [5.74, 6) is 0.287. The minimum absolute atomic E-state index is 0.255. The minimum atomic E-state index is -0.255. The summed E-state index contributed by atoms with van der Waals surface area (Å²) in [6.07, 6.45) is 5.70. The average Bonchev–Trinajstić information content (AvgIpc) is 1.83. The van der Waals surface area contributed by atoms with Crippen molar-refractivity contribution in [1.29, 1.82) is 0 Å². The maximum absolute atomic E-state index is 9.33. The second kappa shape index (κ2) is 2.36. The van der Waals surface area contributed by atoms with Crippen LogP contribution in [0.3, 0.4) is 0 Å². The molecule has 9 heavy (non-hydrogen) atoms. The van der Waals surface area contributed by atoms with Crippen LogP contribution in [0.5, 0.6) is 0 Å². The molecule has 0 spiro atoms. The van der Waals surface area contributed by atoms with Crippen LogP contribution in [0.25, 0.3) is 0 Å². The Morgan fingerprint density at radius 2 is 2.22 bits per heavy atom. The van der Waals surface area contributed by atoms with Crippen LogP contribution in [0.4, 0.5) is 0 Å². The molecule has 1 rings (SSSR count). The highest BCUT2D eigenvalue weighted by Gasteiger charge is 2.14. The molecule has 1 aliphatic rings. The third-order valence-corrected chi connectivity index (χ3v) is 1.74. The van der Waals surface area contributed by atoms with E-state index in [1.165, 1.54) is 0 Å². The minimum Gasteiger partial charge on any atom is -0.388 e. The van der Waals surface area contributed by atoms with Crippen LogP contribution in [-0.4, -0.2) is 11.2 Å². The molecule has 1 heteroatoms. The molecule has 0 aromatic heterocycles. The molecule has 0 amide bonds. The van der Waals surface area contributed by atoms with Gasteiger partial charge < -0.3 is 5.11 Å². The highest BCUT2D eigenvalue weighted by Crippen LogP contribution is 2.17. The molecule has 0 saturated carbocycles. The van der Waals surface area contributed by atoms with Gasteiger partial charge in [-0.2, -0.15) is 0 Å². The summed E-state index contributed by atoms with van der Waals surface area (Å²) in [4.78, 5) is 0. The topological polar surface area (TPSA) is 20.2 Å². The summed E-state index contributed by atoms with van der Waals surface area (Å²) in [6.45, 7) is 3.96. The first-order chi connectivity index (χ1) is 4.22. The molecule has 0 aliphatic heterocycles. The normalized spacial score (nSPS) is 34.3. The van der Waals surface area contributed by atoms with E-state index in [1.54, 1.807) is 0 Å². The molecule has 1 nitrogen and oxygen atoms in total. The summed E-state index contributed by atoms with van der Waals surface area (Å²) in [5.41, 5.74) is 1.06. The van der Waals surface area contributed by atoms with Crippen LogP contribution in [-0.2, 0) is 0 Å². The zero-order valence-electron chi connectivity index (χ0n) is 5.83. The van der Waals surface area contributed by atoms with Crippen LogP contribution in [0, 0.1) is 5.92 Å². The Morgan fingerprint density at radius 1 is 1.56 bits per heavy atom. The maximum Gasteiger partial charge on any atom is 0.0810 e. The maximum atomic E-state index is 9.33. The first-order valence-corrected chi connectivity index (χ1v) is 3.25. The van der Waals surface area contributed by atoms with Gasteiger partial charge in [-0.3, -0.25) is 0 Å². The molecule has 0 saturated heterocycles. The first kappa shape index (κ1) is 6.56. The van der Waals surface area contributed by atoms with E-state index in [1.807, 2.05) is 32.1 Å². The molecule has 1 N–H and O–H groups in total. The Kier molecular flexibility index (Phi) is 1.72. The molecular formula is C8H12O. The van der Waals surface area contributed by atoms with Crippen molar-refractivity contribution >= 4 is 0 Å². The van der Waals surface area contributed by atoms with Crippen molar-refractivity contribution < 1.29 is 5.11 Å². The Morgan fingerprint density at radius 3 is 2.67 bits per heavy atom. The lowest BCUT2D eigenvalue weighted by Gasteiger charge is -2.18. The van der Waals surface area contributed by atoms with Crippen molar-refractivity contribution in [2.75, 3.05) is 0 Å². The van der Waals surface area contributed by atoms with Crippen LogP contribution in [0.2, 0.25) is 0 Å². The Labute approximate surface area is 55.7 Å². The lowest BCUT2D eigenvalue weighted by atomic mass is 9.94. The number of hydrogen-bond acceptors (Lipinski definition) is 1. The standard InChI is InChI=1S/C8H12O/c1-6-4-3-5-7(2)8(6)9/h3-6,8-9H,1-2H3/t6-,8-/m0/s1. The summed E-state index contributed by atoms with van der Waals surface area (Å²) in [5, 5.41) is 9.33. The van der Waals surface area contributed by atoms with Gasteiger partial charge in [-0.05, 0) is 12.5 Å². The molecule has 0 fully saturated rings. The number of aliphatic hydroxyl groups excluding tert-OH is 1. The van der Waals surface area contributed by atoms with Gasteiger partial charge in [-0.15, -0.1) is 0 Å².